The summed E-state index contributed by atoms with van der Waals surface area (Å²) in [5.41, 5.74) is 6.89. The summed E-state index contributed by atoms with van der Waals surface area (Å²) in [5, 5.41) is 41.4. The Morgan fingerprint density at radius 2 is 1.67 bits per heavy atom. The Morgan fingerprint density at radius 3 is 2.19 bits per heavy atom. The van der Waals surface area contributed by atoms with Gasteiger partial charge in [-0.15, -0.1) is 0 Å². The lowest BCUT2D eigenvalue weighted by Gasteiger charge is -2.40. The zero-order chi connectivity index (χ0) is 15.7. The minimum Gasteiger partial charge on any atom is -0.397 e. The third kappa shape index (κ3) is 3.50. The molecule has 0 aliphatic carbocycles. The molecule has 5 atom stereocenters. The van der Waals surface area contributed by atoms with E-state index in [0.717, 1.165) is 0 Å². The minimum absolute atomic E-state index is 0.474. The quantitative estimate of drug-likeness (QED) is 0.375. The molecule has 9 heteroatoms. The number of aliphatic hydroxyl groups excluding tert-OH is 4. The number of aliphatic hydroxyl groups is 4. The molecule has 7 N–H and O–H groups in total. The number of nitrogen functional groups attached to an aromatic ring is 1. The van der Waals surface area contributed by atoms with Crippen LogP contribution in [0, 0.1) is 0 Å². The van der Waals surface area contributed by atoms with Gasteiger partial charge in [0.25, 0.3) is 0 Å². The number of ether oxygens (including phenoxy) is 1. The van der Waals surface area contributed by atoms with Gasteiger partial charge in [-0.05, 0) is 44.0 Å². The van der Waals surface area contributed by atoms with Crippen molar-refractivity contribution in [3.05, 3.63) is 21.1 Å². The lowest BCUT2D eigenvalue weighted by atomic mass is 9.98. The third-order valence-corrected chi connectivity index (χ3v) is 4.59. The molecule has 0 radical (unpaired) electrons. The number of nitrogens with two attached hydrogens (primary N) is 1. The zero-order valence-electron chi connectivity index (χ0n) is 10.8. The average molecular weight is 428 g/mol. The van der Waals surface area contributed by atoms with Crippen molar-refractivity contribution in [2.45, 2.75) is 30.6 Å². The van der Waals surface area contributed by atoms with E-state index >= 15 is 0 Å². The minimum atomic E-state index is -1.42. The van der Waals surface area contributed by atoms with E-state index < -0.39 is 37.3 Å². The smallest absolute Gasteiger partial charge is 0.157 e. The van der Waals surface area contributed by atoms with Crippen LogP contribution in [0.4, 0.5) is 11.4 Å². The van der Waals surface area contributed by atoms with Gasteiger partial charge in [0, 0.05) is 14.6 Å². The molecule has 1 fully saturated rings. The number of halogens is 2. The Hall–Kier alpha value is -0.420. The molecular formula is C12H16Br2N2O5. The predicted molar refractivity (Wildman–Crippen MR) is 83.6 cm³/mol. The summed E-state index contributed by atoms with van der Waals surface area (Å²) in [4.78, 5) is 0. The lowest BCUT2D eigenvalue weighted by Crippen LogP contribution is -2.60. The maximum atomic E-state index is 9.95. The van der Waals surface area contributed by atoms with E-state index in [9.17, 15) is 15.3 Å². The van der Waals surface area contributed by atoms with Gasteiger partial charge >= 0.3 is 0 Å². The van der Waals surface area contributed by atoms with Crippen molar-refractivity contribution >= 4 is 43.2 Å². The van der Waals surface area contributed by atoms with Gasteiger partial charge in [-0.25, -0.2) is 0 Å². The number of anilines is 2. The average Bonchev–Trinajstić information content (AvgIpc) is 2.45. The molecule has 0 bridgehead atoms. The Morgan fingerprint density at radius 1 is 1.10 bits per heavy atom. The van der Waals surface area contributed by atoms with Gasteiger partial charge < -0.3 is 36.2 Å². The fourth-order valence-corrected chi connectivity index (χ4v) is 3.24. The van der Waals surface area contributed by atoms with Crippen molar-refractivity contribution in [3.63, 3.8) is 0 Å². The van der Waals surface area contributed by atoms with Crippen molar-refractivity contribution in [1.82, 2.24) is 0 Å². The van der Waals surface area contributed by atoms with Crippen molar-refractivity contribution in [3.8, 4) is 0 Å². The first-order chi connectivity index (χ1) is 9.85. The molecule has 21 heavy (non-hydrogen) atoms. The van der Waals surface area contributed by atoms with Crippen LogP contribution in [0.15, 0.2) is 21.1 Å². The molecule has 0 amide bonds. The molecule has 1 heterocycles. The van der Waals surface area contributed by atoms with E-state index in [1.807, 2.05) is 0 Å². The van der Waals surface area contributed by atoms with E-state index in [1.165, 1.54) is 0 Å². The molecule has 0 unspecified atom stereocenters. The summed E-state index contributed by atoms with van der Waals surface area (Å²) < 4.78 is 6.65. The highest BCUT2D eigenvalue weighted by atomic mass is 79.9. The molecule has 1 aliphatic heterocycles. The normalized spacial score (nSPS) is 33.0. The zero-order valence-corrected chi connectivity index (χ0v) is 14.0. The van der Waals surface area contributed by atoms with Crippen LogP contribution in [0.2, 0.25) is 0 Å². The van der Waals surface area contributed by atoms with Crippen LogP contribution in [-0.2, 0) is 4.74 Å². The molecule has 1 aromatic rings. The molecule has 7 nitrogen and oxygen atoms in total. The van der Waals surface area contributed by atoms with E-state index in [2.05, 4.69) is 37.2 Å². The second-order valence-electron chi connectivity index (χ2n) is 4.75. The van der Waals surface area contributed by atoms with Crippen molar-refractivity contribution in [2.75, 3.05) is 17.7 Å². The summed E-state index contributed by atoms with van der Waals surface area (Å²) in [6, 6.07) is 3.36. The first kappa shape index (κ1) is 16.9. The molecular weight excluding hydrogens is 412 g/mol. The largest absolute Gasteiger partial charge is 0.397 e. The van der Waals surface area contributed by atoms with E-state index in [-0.39, 0.29) is 0 Å². The second-order valence-corrected chi connectivity index (χ2v) is 6.46. The fraction of sp³-hybridized carbons (Fsp3) is 0.500. The first-order valence-corrected chi connectivity index (χ1v) is 7.75. The molecule has 2 rings (SSSR count). The number of benzene rings is 1. The molecule has 118 valence electrons. The van der Waals surface area contributed by atoms with Crippen LogP contribution >= 0.6 is 31.9 Å². The van der Waals surface area contributed by atoms with Crippen LogP contribution in [-0.4, -0.2) is 57.7 Å². The summed E-state index contributed by atoms with van der Waals surface area (Å²) >= 11 is 6.59. The van der Waals surface area contributed by atoms with Crippen LogP contribution in [0.1, 0.15) is 0 Å². The van der Waals surface area contributed by atoms with Gasteiger partial charge in [0.1, 0.15) is 24.4 Å². The summed E-state index contributed by atoms with van der Waals surface area (Å²) in [6.07, 6.45) is -6.09. The molecule has 1 aliphatic rings. The predicted octanol–water partition coefficient (Wildman–Crippen LogP) is 0.00560. The van der Waals surface area contributed by atoms with Gasteiger partial charge in [-0.2, -0.15) is 0 Å². The standard InChI is InChI=1S/C12H16Br2N2O5/c13-5-1-4(2-6(14)8(5)15)16-12-11(20)10(19)9(18)7(3-17)21-12/h1-2,7,9-12,16-20H,3,15H2/t7-,9-,10+,11-,12-/m1/s1. The monoisotopic (exact) mass is 426 g/mol. The van der Waals surface area contributed by atoms with Gasteiger partial charge in [-0.1, -0.05) is 0 Å². The van der Waals surface area contributed by atoms with Gasteiger partial charge in [-0.3, -0.25) is 0 Å². The molecule has 0 spiro atoms. The maximum Gasteiger partial charge on any atom is 0.157 e. The Balaban J connectivity index is 2.18. The first-order valence-electron chi connectivity index (χ1n) is 6.16. The van der Waals surface area contributed by atoms with Crippen molar-refractivity contribution in [2.24, 2.45) is 0 Å². The number of rotatable bonds is 3. The Labute approximate surface area is 138 Å². The van der Waals surface area contributed by atoms with Gasteiger partial charge in [0.2, 0.25) is 0 Å². The number of hydrogen-bond donors (Lipinski definition) is 6. The lowest BCUT2D eigenvalue weighted by molar-refractivity contribution is -0.221. The number of hydrogen-bond acceptors (Lipinski definition) is 7. The summed E-state index contributed by atoms with van der Waals surface area (Å²) in [6.45, 7) is -0.474. The highest BCUT2D eigenvalue weighted by Crippen LogP contribution is 2.33. The van der Waals surface area contributed by atoms with E-state index in [0.29, 0.717) is 20.3 Å². The van der Waals surface area contributed by atoms with Crippen LogP contribution < -0.4 is 11.1 Å². The SMILES string of the molecule is Nc1c(Br)cc(N[C@@H]2O[C@H](CO)[C@@H](O)[C@H](O)[C@H]2O)cc1Br. The Bertz CT molecular complexity index is 493. The molecule has 1 saturated heterocycles. The summed E-state index contributed by atoms with van der Waals surface area (Å²) in [5.74, 6) is 0. The van der Waals surface area contributed by atoms with E-state index in [4.69, 9.17) is 15.6 Å². The molecule has 0 aromatic heterocycles. The maximum absolute atomic E-state index is 9.95. The topological polar surface area (TPSA) is 128 Å². The van der Waals surface area contributed by atoms with Crippen molar-refractivity contribution in [1.29, 1.82) is 0 Å². The van der Waals surface area contributed by atoms with Crippen LogP contribution in [0.25, 0.3) is 0 Å². The molecule has 0 saturated carbocycles. The van der Waals surface area contributed by atoms with Crippen LogP contribution in [0.3, 0.4) is 0 Å². The van der Waals surface area contributed by atoms with Gasteiger partial charge in [0.15, 0.2) is 6.23 Å². The van der Waals surface area contributed by atoms with Crippen molar-refractivity contribution < 1.29 is 25.2 Å². The highest BCUT2D eigenvalue weighted by molar-refractivity contribution is 9.11. The number of nitrogens with one attached hydrogen (secondary N) is 1. The highest BCUT2D eigenvalue weighted by Gasteiger charge is 2.43. The van der Waals surface area contributed by atoms with Gasteiger partial charge in [0.05, 0.1) is 12.3 Å². The second kappa shape index (κ2) is 6.78. The summed E-state index contributed by atoms with van der Waals surface area (Å²) in [7, 11) is 0. The third-order valence-electron chi connectivity index (χ3n) is 3.28. The fourth-order valence-electron chi connectivity index (χ4n) is 2.05. The van der Waals surface area contributed by atoms with Crippen LogP contribution in [0.5, 0.6) is 0 Å². The van der Waals surface area contributed by atoms with E-state index in [1.54, 1.807) is 12.1 Å². The Kier molecular flexibility index (Phi) is 5.47. The molecule has 1 aromatic carbocycles.